The van der Waals surface area contributed by atoms with Crippen molar-refractivity contribution in [3.05, 3.63) is 29.3 Å². The third-order valence-electron chi connectivity index (χ3n) is 3.70. The third-order valence-corrected chi connectivity index (χ3v) is 3.70. The van der Waals surface area contributed by atoms with Crippen LogP contribution in [-0.2, 0) is 4.74 Å². The molecule has 2 N–H and O–H groups in total. The van der Waals surface area contributed by atoms with Crippen LogP contribution < -0.4 is 10.6 Å². The van der Waals surface area contributed by atoms with Crippen molar-refractivity contribution in [1.82, 2.24) is 5.32 Å². The Labute approximate surface area is 114 Å². The molecule has 1 aliphatic heterocycles. The first kappa shape index (κ1) is 13.9. The van der Waals surface area contributed by atoms with Crippen LogP contribution in [0.3, 0.4) is 0 Å². The van der Waals surface area contributed by atoms with Crippen molar-refractivity contribution in [2.75, 3.05) is 25.6 Å². The lowest BCUT2D eigenvalue weighted by Crippen LogP contribution is -2.49. The second-order valence-corrected chi connectivity index (χ2v) is 5.43. The predicted molar refractivity (Wildman–Crippen MR) is 76.6 cm³/mol. The quantitative estimate of drug-likeness (QED) is 0.879. The van der Waals surface area contributed by atoms with Gasteiger partial charge in [-0.05, 0) is 38.8 Å². The van der Waals surface area contributed by atoms with E-state index in [2.05, 4.69) is 17.6 Å². The number of hydrogen-bond donors (Lipinski definition) is 2. The number of ether oxygens (including phenoxy) is 1. The molecular weight excluding hydrogens is 240 g/mol. The molecule has 0 atom stereocenters. The van der Waals surface area contributed by atoms with Gasteiger partial charge in [0, 0.05) is 31.5 Å². The van der Waals surface area contributed by atoms with Crippen molar-refractivity contribution in [1.29, 1.82) is 0 Å². The highest BCUT2D eigenvalue weighted by atomic mass is 16.5. The summed E-state index contributed by atoms with van der Waals surface area (Å²) in [6, 6.07) is 5.86. The summed E-state index contributed by atoms with van der Waals surface area (Å²) in [5.74, 6) is -0.0162. The summed E-state index contributed by atoms with van der Waals surface area (Å²) < 4.78 is 5.35. The average molecular weight is 262 g/mol. The van der Waals surface area contributed by atoms with E-state index in [0.717, 1.165) is 24.1 Å². The molecule has 1 aliphatic rings. The van der Waals surface area contributed by atoms with E-state index in [9.17, 15) is 4.79 Å². The summed E-state index contributed by atoms with van der Waals surface area (Å²) in [5.41, 5.74) is 2.49. The van der Waals surface area contributed by atoms with Gasteiger partial charge in [0.2, 0.25) is 0 Å². The first-order valence-electron chi connectivity index (χ1n) is 6.73. The Kier molecular flexibility index (Phi) is 4.10. The van der Waals surface area contributed by atoms with Gasteiger partial charge in [-0.25, -0.2) is 0 Å². The molecule has 4 nitrogen and oxygen atoms in total. The first-order chi connectivity index (χ1) is 9.04. The van der Waals surface area contributed by atoms with Gasteiger partial charge in [0.1, 0.15) is 0 Å². The van der Waals surface area contributed by atoms with E-state index >= 15 is 0 Å². The fourth-order valence-corrected chi connectivity index (χ4v) is 2.35. The highest BCUT2D eigenvalue weighted by Gasteiger charge is 2.29. The number of nitrogens with one attached hydrogen (secondary N) is 2. The summed E-state index contributed by atoms with van der Waals surface area (Å²) in [6.45, 7) is 5.50. The molecule has 0 saturated carbocycles. The van der Waals surface area contributed by atoms with Gasteiger partial charge in [0.05, 0.1) is 5.56 Å². The minimum atomic E-state index is -0.163. The molecule has 0 aliphatic carbocycles. The monoisotopic (exact) mass is 262 g/mol. The normalized spacial score (nSPS) is 17.8. The standard InChI is InChI=1S/C15H22N2O2/c1-11-4-5-13(16-3)12(10-11)14(18)17-15(2)6-8-19-9-7-15/h4-5,10,16H,6-9H2,1-3H3,(H,17,18). The van der Waals surface area contributed by atoms with Crippen molar-refractivity contribution >= 4 is 11.6 Å². The molecule has 2 rings (SSSR count). The smallest absolute Gasteiger partial charge is 0.253 e. The van der Waals surface area contributed by atoms with Crippen LogP contribution in [0.25, 0.3) is 0 Å². The number of rotatable bonds is 3. The van der Waals surface area contributed by atoms with Crippen LogP contribution in [-0.4, -0.2) is 31.7 Å². The van der Waals surface area contributed by atoms with E-state index in [1.54, 1.807) is 0 Å². The van der Waals surface area contributed by atoms with Crippen molar-refractivity contribution in [3.8, 4) is 0 Å². The Morgan fingerprint density at radius 2 is 2.00 bits per heavy atom. The fraction of sp³-hybridized carbons (Fsp3) is 0.533. The molecule has 0 radical (unpaired) electrons. The number of anilines is 1. The number of carbonyl (C=O) groups is 1. The second-order valence-electron chi connectivity index (χ2n) is 5.43. The highest BCUT2D eigenvalue weighted by molar-refractivity contribution is 6.00. The van der Waals surface area contributed by atoms with Gasteiger partial charge in [0.15, 0.2) is 0 Å². The summed E-state index contributed by atoms with van der Waals surface area (Å²) in [6.07, 6.45) is 1.72. The molecule has 19 heavy (non-hydrogen) atoms. The topological polar surface area (TPSA) is 50.4 Å². The number of amides is 1. The lowest BCUT2D eigenvalue weighted by molar-refractivity contribution is 0.0423. The molecule has 0 bridgehead atoms. The van der Waals surface area contributed by atoms with E-state index in [-0.39, 0.29) is 11.4 Å². The lowest BCUT2D eigenvalue weighted by atomic mass is 9.92. The third kappa shape index (κ3) is 3.26. The Bertz CT molecular complexity index is 465. The molecule has 1 aromatic rings. The number of carbonyl (C=O) groups excluding carboxylic acids is 1. The minimum Gasteiger partial charge on any atom is -0.387 e. The van der Waals surface area contributed by atoms with Crippen molar-refractivity contribution in [3.63, 3.8) is 0 Å². The van der Waals surface area contributed by atoms with E-state index in [1.165, 1.54) is 0 Å². The molecule has 1 fully saturated rings. The zero-order chi connectivity index (χ0) is 13.9. The van der Waals surface area contributed by atoms with Crippen LogP contribution in [0, 0.1) is 6.92 Å². The zero-order valence-corrected chi connectivity index (χ0v) is 11.9. The van der Waals surface area contributed by atoms with E-state index in [4.69, 9.17) is 4.74 Å². The average Bonchev–Trinajstić information content (AvgIpc) is 2.39. The molecule has 0 unspecified atom stereocenters. The number of aryl methyl sites for hydroxylation is 1. The minimum absolute atomic E-state index is 0.0162. The van der Waals surface area contributed by atoms with Crippen LogP contribution in [0.1, 0.15) is 35.7 Å². The van der Waals surface area contributed by atoms with Crippen LogP contribution in [0.5, 0.6) is 0 Å². The molecule has 1 aromatic carbocycles. The number of hydrogen-bond acceptors (Lipinski definition) is 3. The van der Waals surface area contributed by atoms with Crippen LogP contribution >= 0.6 is 0 Å². The van der Waals surface area contributed by atoms with E-state index < -0.39 is 0 Å². The van der Waals surface area contributed by atoms with Gasteiger partial charge in [-0.1, -0.05) is 11.6 Å². The molecule has 0 spiro atoms. The summed E-state index contributed by atoms with van der Waals surface area (Å²) >= 11 is 0. The van der Waals surface area contributed by atoms with Crippen LogP contribution in [0.4, 0.5) is 5.69 Å². The first-order valence-corrected chi connectivity index (χ1v) is 6.73. The number of benzene rings is 1. The second kappa shape index (κ2) is 5.61. The SMILES string of the molecule is CNc1ccc(C)cc1C(=O)NC1(C)CCOCC1. The van der Waals surface area contributed by atoms with Crippen LogP contribution in [0.2, 0.25) is 0 Å². The van der Waals surface area contributed by atoms with E-state index in [0.29, 0.717) is 18.8 Å². The summed E-state index contributed by atoms with van der Waals surface area (Å²) in [5, 5.41) is 6.22. The molecule has 1 amide bonds. The summed E-state index contributed by atoms with van der Waals surface area (Å²) in [7, 11) is 1.83. The van der Waals surface area contributed by atoms with Gasteiger partial charge in [-0.2, -0.15) is 0 Å². The largest absolute Gasteiger partial charge is 0.387 e. The Hall–Kier alpha value is -1.55. The van der Waals surface area contributed by atoms with Gasteiger partial charge < -0.3 is 15.4 Å². The van der Waals surface area contributed by atoms with Crippen LogP contribution in [0.15, 0.2) is 18.2 Å². The van der Waals surface area contributed by atoms with E-state index in [1.807, 2.05) is 32.2 Å². The summed E-state index contributed by atoms with van der Waals surface area (Å²) in [4.78, 5) is 12.5. The fourth-order valence-electron chi connectivity index (χ4n) is 2.35. The molecule has 1 saturated heterocycles. The predicted octanol–water partition coefficient (Wildman–Crippen LogP) is 2.34. The zero-order valence-electron chi connectivity index (χ0n) is 11.9. The van der Waals surface area contributed by atoms with Gasteiger partial charge in [-0.3, -0.25) is 4.79 Å². The molecule has 1 heterocycles. The Morgan fingerprint density at radius 3 is 2.63 bits per heavy atom. The molecule has 0 aromatic heterocycles. The maximum atomic E-state index is 12.5. The maximum Gasteiger partial charge on any atom is 0.253 e. The van der Waals surface area contributed by atoms with Gasteiger partial charge in [0.25, 0.3) is 5.91 Å². The molecule has 4 heteroatoms. The molecule has 104 valence electrons. The lowest BCUT2D eigenvalue weighted by Gasteiger charge is -2.34. The maximum absolute atomic E-state index is 12.5. The molecular formula is C15H22N2O2. The van der Waals surface area contributed by atoms with Crippen molar-refractivity contribution < 1.29 is 9.53 Å². The van der Waals surface area contributed by atoms with Crippen molar-refractivity contribution in [2.45, 2.75) is 32.2 Å². The Balaban J connectivity index is 2.17. The van der Waals surface area contributed by atoms with Gasteiger partial charge >= 0.3 is 0 Å². The Morgan fingerprint density at radius 1 is 1.32 bits per heavy atom. The van der Waals surface area contributed by atoms with Crippen molar-refractivity contribution in [2.24, 2.45) is 0 Å². The highest BCUT2D eigenvalue weighted by Crippen LogP contribution is 2.22. The van der Waals surface area contributed by atoms with Gasteiger partial charge in [-0.15, -0.1) is 0 Å².